The zero-order valence-electron chi connectivity index (χ0n) is 12.8. The second kappa shape index (κ2) is 6.83. The number of likely N-dealkylation sites (tertiary alicyclic amines) is 1. The Kier molecular flexibility index (Phi) is 5.03. The minimum absolute atomic E-state index is 0.0113. The van der Waals surface area contributed by atoms with Crippen LogP contribution in [-0.4, -0.2) is 37.0 Å². The van der Waals surface area contributed by atoms with Crippen LogP contribution in [0.3, 0.4) is 0 Å². The predicted molar refractivity (Wildman–Crippen MR) is 89.7 cm³/mol. The number of piperidine rings is 2. The Morgan fingerprint density at radius 2 is 1.68 bits per heavy atom. The van der Waals surface area contributed by atoms with Gasteiger partial charge in [0.05, 0.1) is 0 Å². The molecule has 1 aromatic carbocycles. The maximum absolute atomic E-state index is 13.3. The molecule has 5 heteroatoms. The Bertz CT molecular complexity index is 505. The molecule has 0 radical (unpaired) electrons. The standard InChI is InChI=1S/C17H23BrF2N2/c18-15-5-4-14(13-21-10-6-17(19,20)7-11-21)16(12-15)22-8-2-1-3-9-22/h4-5,12H,1-3,6-11,13H2. The summed E-state index contributed by atoms with van der Waals surface area (Å²) < 4.78 is 27.7. The Morgan fingerprint density at radius 1 is 1.00 bits per heavy atom. The topological polar surface area (TPSA) is 6.48 Å². The first-order valence-corrected chi connectivity index (χ1v) is 8.96. The van der Waals surface area contributed by atoms with Gasteiger partial charge in [0.2, 0.25) is 0 Å². The lowest BCUT2D eigenvalue weighted by atomic mass is 10.0. The van der Waals surface area contributed by atoms with E-state index < -0.39 is 5.92 Å². The highest BCUT2D eigenvalue weighted by atomic mass is 79.9. The molecule has 0 bridgehead atoms. The normalized spacial score (nSPS) is 22.8. The zero-order valence-corrected chi connectivity index (χ0v) is 14.4. The van der Waals surface area contributed by atoms with E-state index in [2.05, 4.69) is 43.9 Å². The molecule has 0 atom stereocenters. The molecular formula is C17H23BrF2N2. The quantitative estimate of drug-likeness (QED) is 0.760. The predicted octanol–water partition coefficient (Wildman–Crippen LogP) is 4.67. The van der Waals surface area contributed by atoms with Crippen molar-refractivity contribution in [3.05, 3.63) is 28.2 Å². The lowest BCUT2D eigenvalue weighted by Crippen LogP contribution is -2.39. The van der Waals surface area contributed by atoms with E-state index in [1.54, 1.807) is 0 Å². The molecule has 3 rings (SSSR count). The van der Waals surface area contributed by atoms with E-state index in [0.29, 0.717) is 13.1 Å². The van der Waals surface area contributed by atoms with Crippen molar-refractivity contribution in [1.29, 1.82) is 0 Å². The van der Waals surface area contributed by atoms with Gasteiger partial charge in [0.1, 0.15) is 0 Å². The minimum Gasteiger partial charge on any atom is -0.371 e. The van der Waals surface area contributed by atoms with Crippen LogP contribution in [0.2, 0.25) is 0 Å². The van der Waals surface area contributed by atoms with Crippen molar-refractivity contribution in [1.82, 2.24) is 4.90 Å². The van der Waals surface area contributed by atoms with Crippen LogP contribution in [0.5, 0.6) is 0 Å². The van der Waals surface area contributed by atoms with Crippen molar-refractivity contribution >= 4 is 21.6 Å². The van der Waals surface area contributed by atoms with Crippen molar-refractivity contribution in [3.63, 3.8) is 0 Å². The molecule has 0 aromatic heterocycles. The second-order valence-electron chi connectivity index (χ2n) is 6.45. The van der Waals surface area contributed by atoms with Gasteiger partial charge in [0, 0.05) is 55.7 Å². The molecule has 2 aliphatic heterocycles. The van der Waals surface area contributed by atoms with Gasteiger partial charge in [-0.25, -0.2) is 8.78 Å². The largest absolute Gasteiger partial charge is 0.371 e. The van der Waals surface area contributed by atoms with Crippen LogP contribution in [0.25, 0.3) is 0 Å². The molecule has 1 aromatic rings. The molecule has 0 spiro atoms. The van der Waals surface area contributed by atoms with E-state index >= 15 is 0 Å². The fourth-order valence-corrected chi connectivity index (χ4v) is 3.73. The Morgan fingerprint density at radius 3 is 2.36 bits per heavy atom. The van der Waals surface area contributed by atoms with E-state index in [1.807, 2.05) is 0 Å². The van der Waals surface area contributed by atoms with Crippen molar-refractivity contribution in [3.8, 4) is 0 Å². The average molecular weight is 373 g/mol. The summed E-state index contributed by atoms with van der Waals surface area (Å²) in [6.45, 7) is 3.95. The summed E-state index contributed by atoms with van der Waals surface area (Å²) in [7, 11) is 0. The van der Waals surface area contributed by atoms with Crippen LogP contribution in [-0.2, 0) is 6.54 Å². The van der Waals surface area contributed by atoms with E-state index in [0.717, 1.165) is 24.1 Å². The third kappa shape index (κ3) is 3.99. The smallest absolute Gasteiger partial charge is 0.250 e. The van der Waals surface area contributed by atoms with Crippen molar-refractivity contribution in [2.75, 3.05) is 31.1 Å². The van der Waals surface area contributed by atoms with Crippen LogP contribution in [0, 0.1) is 0 Å². The first-order chi connectivity index (χ1) is 10.5. The summed E-state index contributed by atoms with van der Waals surface area (Å²) in [6, 6.07) is 6.38. The number of benzene rings is 1. The van der Waals surface area contributed by atoms with Gasteiger partial charge < -0.3 is 4.90 Å². The Labute approximate surface area is 139 Å². The summed E-state index contributed by atoms with van der Waals surface area (Å²) >= 11 is 3.56. The van der Waals surface area contributed by atoms with Crippen LogP contribution >= 0.6 is 15.9 Å². The van der Waals surface area contributed by atoms with Gasteiger partial charge >= 0.3 is 0 Å². The SMILES string of the molecule is FC1(F)CCN(Cc2ccc(Br)cc2N2CCCCC2)CC1. The van der Waals surface area contributed by atoms with Gasteiger partial charge in [0.15, 0.2) is 0 Å². The van der Waals surface area contributed by atoms with Crippen molar-refractivity contribution < 1.29 is 8.78 Å². The third-order valence-electron chi connectivity index (χ3n) is 4.73. The van der Waals surface area contributed by atoms with Gasteiger partial charge in [-0.15, -0.1) is 0 Å². The maximum atomic E-state index is 13.3. The summed E-state index contributed by atoms with van der Waals surface area (Å²) in [4.78, 5) is 4.61. The zero-order chi connectivity index (χ0) is 15.6. The monoisotopic (exact) mass is 372 g/mol. The second-order valence-corrected chi connectivity index (χ2v) is 7.37. The molecule has 0 saturated carbocycles. The molecular weight excluding hydrogens is 350 g/mol. The van der Waals surface area contributed by atoms with E-state index in [-0.39, 0.29) is 12.8 Å². The molecule has 2 saturated heterocycles. The minimum atomic E-state index is -2.47. The molecule has 2 nitrogen and oxygen atoms in total. The lowest BCUT2D eigenvalue weighted by Gasteiger charge is -2.34. The van der Waals surface area contributed by atoms with Crippen LogP contribution in [0.1, 0.15) is 37.7 Å². The molecule has 2 aliphatic rings. The number of nitrogens with zero attached hydrogens (tertiary/aromatic N) is 2. The van der Waals surface area contributed by atoms with Crippen molar-refractivity contribution in [2.45, 2.75) is 44.6 Å². The Balaban J connectivity index is 1.73. The van der Waals surface area contributed by atoms with E-state index in [4.69, 9.17) is 0 Å². The highest BCUT2D eigenvalue weighted by molar-refractivity contribution is 9.10. The molecule has 2 heterocycles. The fourth-order valence-electron chi connectivity index (χ4n) is 3.38. The molecule has 0 amide bonds. The maximum Gasteiger partial charge on any atom is 0.250 e. The van der Waals surface area contributed by atoms with Crippen LogP contribution in [0.15, 0.2) is 22.7 Å². The number of halogens is 3. The molecule has 122 valence electrons. The highest BCUT2D eigenvalue weighted by Gasteiger charge is 2.34. The van der Waals surface area contributed by atoms with E-state index in [1.165, 1.54) is 30.5 Å². The van der Waals surface area contributed by atoms with Gasteiger partial charge in [-0.3, -0.25) is 4.90 Å². The fraction of sp³-hybridized carbons (Fsp3) is 0.647. The summed E-state index contributed by atoms with van der Waals surface area (Å²) in [5, 5.41) is 0. The van der Waals surface area contributed by atoms with E-state index in [9.17, 15) is 8.78 Å². The molecule has 0 aliphatic carbocycles. The summed E-state index contributed by atoms with van der Waals surface area (Å²) in [6.07, 6.45) is 3.76. The molecule has 22 heavy (non-hydrogen) atoms. The average Bonchev–Trinajstić information content (AvgIpc) is 2.52. The van der Waals surface area contributed by atoms with Crippen molar-refractivity contribution in [2.24, 2.45) is 0 Å². The van der Waals surface area contributed by atoms with Gasteiger partial charge in [-0.1, -0.05) is 22.0 Å². The number of hydrogen-bond donors (Lipinski definition) is 0. The number of rotatable bonds is 3. The van der Waals surface area contributed by atoms with Crippen LogP contribution in [0.4, 0.5) is 14.5 Å². The summed E-state index contributed by atoms with van der Waals surface area (Å²) in [5.41, 5.74) is 2.53. The lowest BCUT2D eigenvalue weighted by molar-refractivity contribution is -0.0566. The number of hydrogen-bond acceptors (Lipinski definition) is 2. The van der Waals surface area contributed by atoms with Gasteiger partial charge in [-0.05, 0) is 37.0 Å². The van der Waals surface area contributed by atoms with Crippen LogP contribution < -0.4 is 4.90 Å². The third-order valence-corrected chi connectivity index (χ3v) is 5.22. The number of anilines is 1. The number of alkyl halides is 2. The van der Waals surface area contributed by atoms with Gasteiger partial charge in [0.25, 0.3) is 5.92 Å². The Hall–Kier alpha value is -0.680. The molecule has 0 unspecified atom stereocenters. The van der Waals surface area contributed by atoms with Gasteiger partial charge in [-0.2, -0.15) is 0 Å². The highest BCUT2D eigenvalue weighted by Crippen LogP contribution is 2.32. The first kappa shape index (κ1) is 16.2. The molecule has 2 fully saturated rings. The summed E-state index contributed by atoms with van der Waals surface area (Å²) in [5.74, 6) is -2.47. The molecule has 0 N–H and O–H groups in total. The first-order valence-electron chi connectivity index (χ1n) is 8.17.